The normalized spacial score (nSPS) is 10.2. The average Bonchev–Trinajstić information content (AvgIpc) is 2.76. The van der Waals surface area contributed by atoms with Crippen molar-refractivity contribution in [1.29, 1.82) is 0 Å². The third-order valence-corrected chi connectivity index (χ3v) is 2.47. The lowest BCUT2D eigenvalue weighted by Crippen LogP contribution is -2.04. The van der Waals surface area contributed by atoms with Gasteiger partial charge in [-0.3, -0.25) is 5.10 Å². The fraction of sp³-hybridized carbons (Fsp3) is 0.0909. The molecule has 2 aromatic rings. The first kappa shape index (κ1) is 11.5. The molecule has 2 rings (SSSR count). The van der Waals surface area contributed by atoms with Gasteiger partial charge in [0.1, 0.15) is 17.9 Å². The number of nitrogens with zero attached hydrogens (tertiary/aromatic N) is 1. The molecule has 0 spiro atoms. The zero-order valence-electron chi connectivity index (χ0n) is 8.68. The molecule has 0 fully saturated rings. The van der Waals surface area contributed by atoms with Crippen LogP contribution in [0.4, 0.5) is 0 Å². The van der Waals surface area contributed by atoms with Crippen molar-refractivity contribution in [3.63, 3.8) is 0 Å². The number of aromatic amines is 1. The van der Waals surface area contributed by atoms with E-state index in [0.717, 1.165) is 0 Å². The smallest absolute Gasteiger partial charge is 0.339 e. The van der Waals surface area contributed by atoms with Crippen molar-refractivity contribution in [2.45, 2.75) is 6.61 Å². The van der Waals surface area contributed by atoms with E-state index in [1.54, 1.807) is 24.3 Å². The molecular weight excluding hydrogens is 244 g/mol. The van der Waals surface area contributed by atoms with Gasteiger partial charge in [-0.2, -0.15) is 5.10 Å². The summed E-state index contributed by atoms with van der Waals surface area (Å²) in [7, 11) is 0. The van der Waals surface area contributed by atoms with E-state index < -0.39 is 5.97 Å². The van der Waals surface area contributed by atoms with Crippen molar-refractivity contribution in [3.05, 3.63) is 46.7 Å². The Morgan fingerprint density at radius 2 is 2.24 bits per heavy atom. The molecule has 2 N–H and O–H groups in total. The Kier molecular flexibility index (Phi) is 3.30. The predicted molar refractivity (Wildman–Crippen MR) is 61.3 cm³/mol. The van der Waals surface area contributed by atoms with Gasteiger partial charge in [0.15, 0.2) is 0 Å². The average molecular weight is 253 g/mol. The lowest BCUT2D eigenvalue weighted by molar-refractivity contribution is 0.0694. The van der Waals surface area contributed by atoms with Crippen molar-refractivity contribution in [3.8, 4) is 5.75 Å². The maximum Gasteiger partial charge on any atom is 0.339 e. The summed E-state index contributed by atoms with van der Waals surface area (Å²) in [5.74, 6) is -0.545. The molecule has 0 bridgehead atoms. The van der Waals surface area contributed by atoms with E-state index in [2.05, 4.69) is 10.2 Å². The number of halogens is 1. The Labute approximate surface area is 102 Å². The molecule has 0 amide bonds. The van der Waals surface area contributed by atoms with Crippen LogP contribution in [-0.2, 0) is 6.61 Å². The number of aromatic carboxylic acids is 1. The molecule has 5 nitrogen and oxygen atoms in total. The highest BCUT2D eigenvalue weighted by Crippen LogP contribution is 2.24. The van der Waals surface area contributed by atoms with Gasteiger partial charge in [0.05, 0.1) is 16.9 Å². The minimum absolute atomic E-state index is 0.0748. The number of carbonyl (C=O) groups is 1. The van der Waals surface area contributed by atoms with Crippen molar-refractivity contribution in [2.24, 2.45) is 0 Å². The molecule has 0 radical (unpaired) electrons. The zero-order chi connectivity index (χ0) is 12.3. The highest BCUT2D eigenvalue weighted by atomic mass is 35.5. The number of rotatable bonds is 4. The Morgan fingerprint density at radius 3 is 2.94 bits per heavy atom. The Morgan fingerprint density at radius 1 is 1.47 bits per heavy atom. The van der Waals surface area contributed by atoms with Crippen LogP contribution in [0.2, 0.25) is 5.02 Å². The molecule has 1 heterocycles. The summed E-state index contributed by atoms with van der Waals surface area (Å²) in [4.78, 5) is 10.8. The summed E-state index contributed by atoms with van der Waals surface area (Å²) in [6.45, 7) is 0.0748. The van der Waals surface area contributed by atoms with E-state index in [0.29, 0.717) is 16.5 Å². The fourth-order valence-electron chi connectivity index (χ4n) is 1.32. The Bertz CT molecular complexity index is 539. The highest BCUT2D eigenvalue weighted by Gasteiger charge is 2.12. The van der Waals surface area contributed by atoms with Gasteiger partial charge < -0.3 is 9.84 Å². The summed E-state index contributed by atoms with van der Waals surface area (Å²) >= 11 is 5.90. The number of H-pyrrole nitrogens is 1. The Balaban J connectivity index is 2.10. The van der Waals surface area contributed by atoms with Gasteiger partial charge in [-0.15, -0.1) is 0 Å². The van der Waals surface area contributed by atoms with E-state index in [1.165, 1.54) is 6.20 Å². The molecule has 1 aromatic carbocycles. The minimum atomic E-state index is -1.04. The van der Waals surface area contributed by atoms with Crippen molar-refractivity contribution in [2.75, 3.05) is 0 Å². The van der Waals surface area contributed by atoms with Crippen LogP contribution in [0.25, 0.3) is 0 Å². The second kappa shape index (κ2) is 4.88. The third-order valence-electron chi connectivity index (χ3n) is 2.16. The highest BCUT2D eigenvalue weighted by molar-refractivity contribution is 6.32. The molecule has 0 saturated heterocycles. The summed E-state index contributed by atoms with van der Waals surface area (Å²) in [6, 6.07) is 6.97. The first-order valence-electron chi connectivity index (χ1n) is 4.81. The molecular formula is C11H9ClN2O3. The fourth-order valence-corrected chi connectivity index (χ4v) is 1.51. The van der Waals surface area contributed by atoms with Crippen LogP contribution in [-0.4, -0.2) is 21.3 Å². The third kappa shape index (κ3) is 2.57. The van der Waals surface area contributed by atoms with Crippen molar-refractivity contribution < 1.29 is 14.6 Å². The number of hydrogen-bond donors (Lipinski definition) is 2. The molecule has 0 aliphatic carbocycles. The second-order valence-corrected chi connectivity index (χ2v) is 3.69. The molecule has 0 unspecified atom stereocenters. The van der Waals surface area contributed by atoms with E-state index in [-0.39, 0.29) is 12.2 Å². The van der Waals surface area contributed by atoms with E-state index in [4.69, 9.17) is 21.4 Å². The number of ether oxygens (including phenoxy) is 1. The first-order valence-corrected chi connectivity index (χ1v) is 5.19. The predicted octanol–water partition coefficient (Wildman–Crippen LogP) is 2.34. The number of carboxylic acid groups (broad SMARTS) is 1. The van der Waals surface area contributed by atoms with Crippen LogP contribution in [0.3, 0.4) is 0 Å². The summed E-state index contributed by atoms with van der Waals surface area (Å²) < 4.78 is 5.41. The summed E-state index contributed by atoms with van der Waals surface area (Å²) in [6.07, 6.45) is 1.24. The number of carboxylic acids is 1. The molecule has 6 heteroatoms. The van der Waals surface area contributed by atoms with Gasteiger partial charge in [0.2, 0.25) is 0 Å². The molecule has 88 valence electrons. The topological polar surface area (TPSA) is 75.2 Å². The molecule has 0 saturated carbocycles. The van der Waals surface area contributed by atoms with Crippen LogP contribution >= 0.6 is 11.6 Å². The van der Waals surface area contributed by atoms with Crippen LogP contribution in [0.5, 0.6) is 5.75 Å². The van der Waals surface area contributed by atoms with Gasteiger partial charge in [-0.25, -0.2) is 4.79 Å². The summed E-state index contributed by atoms with van der Waals surface area (Å²) in [5, 5.41) is 15.6. The number of para-hydroxylation sites is 1. The van der Waals surface area contributed by atoms with Crippen LogP contribution in [0.1, 0.15) is 16.1 Å². The lowest BCUT2D eigenvalue weighted by atomic mass is 10.2. The standard InChI is InChI=1S/C11H9ClN2O3/c12-8-3-1-2-4-10(8)17-6-9-7(11(15)16)5-13-14-9/h1-5H,6H2,(H,13,14)(H,15,16). The second-order valence-electron chi connectivity index (χ2n) is 3.29. The number of nitrogens with one attached hydrogen (secondary N) is 1. The van der Waals surface area contributed by atoms with Crippen LogP contribution in [0.15, 0.2) is 30.5 Å². The first-order chi connectivity index (χ1) is 8.18. The molecule has 0 aliphatic rings. The minimum Gasteiger partial charge on any atom is -0.486 e. The maximum absolute atomic E-state index is 10.8. The van der Waals surface area contributed by atoms with Gasteiger partial charge in [0.25, 0.3) is 0 Å². The van der Waals surface area contributed by atoms with Crippen molar-refractivity contribution >= 4 is 17.6 Å². The Hall–Kier alpha value is -2.01. The van der Waals surface area contributed by atoms with Crippen LogP contribution < -0.4 is 4.74 Å². The number of benzene rings is 1. The SMILES string of the molecule is O=C(O)c1cn[nH]c1COc1ccccc1Cl. The molecule has 0 aliphatic heterocycles. The van der Waals surface area contributed by atoms with Gasteiger partial charge in [0, 0.05) is 0 Å². The van der Waals surface area contributed by atoms with Gasteiger partial charge in [-0.05, 0) is 12.1 Å². The van der Waals surface area contributed by atoms with Crippen molar-refractivity contribution in [1.82, 2.24) is 10.2 Å². The monoisotopic (exact) mass is 252 g/mol. The molecule has 0 atom stereocenters. The lowest BCUT2D eigenvalue weighted by Gasteiger charge is -2.06. The summed E-state index contributed by atoms with van der Waals surface area (Å²) in [5.41, 5.74) is 0.495. The van der Waals surface area contributed by atoms with Gasteiger partial charge >= 0.3 is 5.97 Å². The number of aromatic nitrogens is 2. The number of hydrogen-bond acceptors (Lipinski definition) is 3. The molecule has 1 aromatic heterocycles. The van der Waals surface area contributed by atoms with Gasteiger partial charge in [-0.1, -0.05) is 23.7 Å². The maximum atomic E-state index is 10.8. The van der Waals surface area contributed by atoms with E-state index in [1.807, 2.05) is 0 Å². The largest absolute Gasteiger partial charge is 0.486 e. The van der Waals surface area contributed by atoms with E-state index in [9.17, 15) is 4.79 Å². The van der Waals surface area contributed by atoms with E-state index >= 15 is 0 Å². The quantitative estimate of drug-likeness (QED) is 0.876. The molecule has 17 heavy (non-hydrogen) atoms. The zero-order valence-corrected chi connectivity index (χ0v) is 9.44. The van der Waals surface area contributed by atoms with Crippen LogP contribution in [0, 0.1) is 0 Å².